The number of hydrogen-bond donors (Lipinski definition) is 1. The van der Waals surface area contributed by atoms with Gasteiger partial charge in [0.25, 0.3) is 5.91 Å². The van der Waals surface area contributed by atoms with E-state index in [4.69, 9.17) is 16.3 Å². The number of aryl methyl sites for hydroxylation is 1. The molecule has 0 spiro atoms. The number of pyridine rings is 1. The predicted octanol–water partition coefficient (Wildman–Crippen LogP) is 3.35. The van der Waals surface area contributed by atoms with Crippen molar-refractivity contribution in [2.75, 3.05) is 20.3 Å². The minimum Gasteiger partial charge on any atom is -0.383 e. The van der Waals surface area contributed by atoms with Crippen LogP contribution in [-0.4, -0.2) is 46.2 Å². The topological polar surface area (TPSA) is 71.1 Å². The first-order valence-electron chi connectivity index (χ1n) is 8.02. The van der Waals surface area contributed by atoms with Gasteiger partial charge in [0.05, 0.1) is 12.2 Å². The van der Waals surface area contributed by atoms with Gasteiger partial charge < -0.3 is 9.64 Å². The summed E-state index contributed by atoms with van der Waals surface area (Å²) < 4.78 is 18.4. The fourth-order valence-corrected chi connectivity index (χ4v) is 2.86. The third-order valence-corrected chi connectivity index (χ3v) is 4.43. The Morgan fingerprint density at radius 1 is 1.38 bits per heavy atom. The molecule has 1 amide bonds. The SMILES string of the molecule is COCCN(Cc1ccc(F)cc1Cl)C(=O)c1cnc2n[nH]c(C)c2c1. The Labute approximate surface area is 154 Å². The highest BCUT2D eigenvalue weighted by Crippen LogP contribution is 2.21. The second-order valence-corrected chi connectivity index (χ2v) is 6.31. The highest BCUT2D eigenvalue weighted by molar-refractivity contribution is 6.31. The first-order valence-corrected chi connectivity index (χ1v) is 8.40. The van der Waals surface area contributed by atoms with E-state index in [-0.39, 0.29) is 17.5 Å². The summed E-state index contributed by atoms with van der Waals surface area (Å²) >= 11 is 6.11. The summed E-state index contributed by atoms with van der Waals surface area (Å²) in [5, 5.41) is 7.99. The molecule has 3 rings (SSSR count). The number of nitrogens with one attached hydrogen (secondary N) is 1. The number of H-pyrrole nitrogens is 1. The largest absolute Gasteiger partial charge is 0.383 e. The van der Waals surface area contributed by atoms with Crippen molar-refractivity contribution in [3.05, 3.63) is 58.1 Å². The number of rotatable bonds is 6. The van der Waals surface area contributed by atoms with Crippen LogP contribution in [0.1, 0.15) is 21.6 Å². The van der Waals surface area contributed by atoms with E-state index in [2.05, 4.69) is 15.2 Å². The van der Waals surface area contributed by atoms with Crippen LogP contribution in [0.25, 0.3) is 11.0 Å². The average Bonchev–Trinajstić information content (AvgIpc) is 3.00. The van der Waals surface area contributed by atoms with E-state index >= 15 is 0 Å². The van der Waals surface area contributed by atoms with E-state index in [1.54, 1.807) is 24.1 Å². The number of benzene rings is 1. The molecule has 26 heavy (non-hydrogen) atoms. The molecule has 0 bridgehead atoms. The number of hydrogen-bond acceptors (Lipinski definition) is 4. The molecule has 1 aromatic carbocycles. The van der Waals surface area contributed by atoms with Gasteiger partial charge in [0, 0.05) is 42.5 Å². The molecule has 0 aliphatic carbocycles. The summed E-state index contributed by atoms with van der Waals surface area (Å²) in [6.07, 6.45) is 1.50. The van der Waals surface area contributed by atoms with E-state index in [0.29, 0.717) is 29.9 Å². The van der Waals surface area contributed by atoms with Gasteiger partial charge in [-0.05, 0) is 30.7 Å². The van der Waals surface area contributed by atoms with Crippen molar-refractivity contribution in [3.8, 4) is 0 Å². The van der Waals surface area contributed by atoms with E-state index < -0.39 is 5.82 Å². The standard InChI is InChI=1S/C18H18ClFN4O2/c1-11-15-7-13(9-21-17(15)23-22-11)18(25)24(5-6-26-2)10-12-3-4-14(20)8-16(12)19/h3-4,7-9H,5-6,10H2,1-2H3,(H,21,22,23). The zero-order chi connectivity index (χ0) is 18.7. The second-order valence-electron chi connectivity index (χ2n) is 5.90. The van der Waals surface area contributed by atoms with E-state index in [1.165, 1.54) is 18.3 Å². The van der Waals surface area contributed by atoms with Crippen molar-refractivity contribution in [2.45, 2.75) is 13.5 Å². The third kappa shape index (κ3) is 3.84. The zero-order valence-corrected chi connectivity index (χ0v) is 15.2. The predicted molar refractivity (Wildman–Crippen MR) is 96.7 cm³/mol. The molecular formula is C18H18ClFN4O2. The third-order valence-electron chi connectivity index (χ3n) is 4.08. The van der Waals surface area contributed by atoms with Crippen molar-refractivity contribution in [3.63, 3.8) is 0 Å². The quantitative estimate of drug-likeness (QED) is 0.716. The van der Waals surface area contributed by atoms with Gasteiger partial charge in [-0.3, -0.25) is 9.89 Å². The Morgan fingerprint density at radius 3 is 2.92 bits per heavy atom. The molecule has 1 N–H and O–H groups in total. The fraction of sp³-hybridized carbons (Fsp3) is 0.278. The maximum atomic E-state index is 13.3. The van der Waals surface area contributed by atoms with Crippen LogP contribution in [0.4, 0.5) is 4.39 Å². The van der Waals surface area contributed by atoms with Gasteiger partial charge >= 0.3 is 0 Å². The van der Waals surface area contributed by atoms with Crippen LogP contribution in [0.3, 0.4) is 0 Å². The lowest BCUT2D eigenvalue weighted by atomic mass is 10.1. The number of ether oxygens (including phenoxy) is 1. The van der Waals surface area contributed by atoms with Crippen LogP contribution in [-0.2, 0) is 11.3 Å². The molecule has 8 heteroatoms. The number of carbonyl (C=O) groups excluding carboxylic acids is 1. The molecule has 0 fully saturated rings. The Bertz CT molecular complexity index is 944. The summed E-state index contributed by atoms with van der Waals surface area (Å²) in [6.45, 7) is 2.84. The van der Waals surface area contributed by atoms with Crippen molar-refractivity contribution < 1.29 is 13.9 Å². The highest BCUT2D eigenvalue weighted by Gasteiger charge is 2.19. The lowest BCUT2D eigenvalue weighted by Gasteiger charge is -2.23. The summed E-state index contributed by atoms with van der Waals surface area (Å²) in [5.41, 5.74) is 2.50. The average molecular weight is 377 g/mol. The van der Waals surface area contributed by atoms with Crippen LogP contribution in [0, 0.1) is 12.7 Å². The summed E-state index contributed by atoms with van der Waals surface area (Å²) in [7, 11) is 1.57. The van der Waals surface area contributed by atoms with Crippen LogP contribution < -0.4 is 0 Å². The maximum Gasteiger partial charge on any atom is 0.255 e. The molecule has 2 aromatic heterocycles. The summed E-state index contributed by atoms with van der Waals surface area (Å²) in [5.74, 6) is -0.629. The number of amides is 1. The van der Waals surface area contributed by atoms with Crippen LogP contribution in [0.2, 0.25) is 5.02 Å². The van der Waals surface area contributed by atoms with Gasteiger partial charge in [0.2, 0.25) is 0 Å². The Morgan fingerprint density at radius 2 is 2.19 bits per heavy atom. The smallest absolute Gasteiger partial charge is 0.255 e. The number of methoxy groups -OCH3 is 1. The molecule has 136 valence electrons. The second kappa shape index (κ2) is 7.80. The number of fused-ring (bicyclic) bond motifs is 1. The lowest BCUT2D eigenvalue weighted by Crippen LogP contribution is -2.33. The zero-order valence-electron chi connectivity index (χ0n) is 14.4. The van der Waals surface area contributed by atoms with E-state index in [0.717, 1.165) is 11.1 Å². The summed E-state index contributed by atoms with van der Waals surface area (Å²) in [4.78, 5) is 18.8. The Balaban J connectivity index is 1.89. The van der Waals surface area contributed by atoms with Gasteiger partial charge in [0.1, 0.15) is 5.82 Å². The van der Waals surface area contributed by atoms with E-state index in [9.17, 15) is 9.18 Å². The minimum absolute atomic E-state index is 0.211. The van der Waals surface area contributed by atoms with Crippen molar-refractivity contribution in [1.29, 1.82) is 0 Å². The molecule has 0 unspecified atom stereocenters. The molecule has 0 saturated carbocycles. The van der Waals surface area contributed by atoms with Gasteiger partial charge in [-0.2, -0.15) is 5.10 Å². The molecule has 0 aliphatic heterocycles. The van der Waals surface area contributed by atoms with Gasteiger partial charge in [0.15, 0.2) is 5.65 Å². The number of aromatic amines is 1. The van der Waals surface area contributed by atoms with Crippen LogP contribution >= 0.6 is 11.6 Å². The number of halogens is 2. The first-order chi connectivity index (χ1) is 12.5. The highest BCUT2D eigenvalue weighted by atomic mass is 35.5. The fourth-order valence-electron chi connectivity index (χ4n) is 2.63. The number of nitrogens with zero attached hydrogens (tertiary/aromatic N) is 3. The summed E-state index contributed by atoms with van der Waals surface area (Å²) in [6, 6.07) is 5.89. The first kappa shape index (κ1) is 18.3. The maximum absolute atomic E-state index is 13.3. The van der Waals surface area contributed by atoms with Crippen LogP contribution in [0.15, 0.2) is 30.5 Å². The normalized spacial score (nSPS) is 11.1. The molecule has 0 radical (unpaired) electrons. The van der Waals surface area contributed by atoms with Crippen LogP contribution in [0.5, 0.6) is 0 Å². The van der Waals surface area contributed by atoms with Gasteiger partial charge in [-0.25, -0.2) is 9.37 Å². The van der Waals surface area contributed by atoms with Crippen molar-refractivity contribution in [2.24, 2.45) is 0 Å². The van der Waals surface area contributed by atoms with E-state index in [1.807, 2.05) is 6.92 Å². The minimum atomic E-state index is -0.418. The number of carbonyl (C=O) groups is 1. The number of aromatic nitrogens is 3. The molecule has 0 aliphatic rings. The molecular weight excluding hydrogens is 359 g/mol. The molecule has 3 aromatic rings. The van der Waals surface area contributed by atoms with Gasteiger partial charge in [-0.1, -0.05) is 17.7 Å². The Hall–Kier alpha value is -2.51. The molecule has 2 heterocycles. The van der Waals surface area contributed by atoms with Gasteiger partial charge in [-0.15, -0.1) is 0 Å². The molecule has 0 saturated heterocycles. The van der Waals surface area contributed by atoms with Crippen molar-refractivity contribution >= 4 is 28.5 Å². The lowest BCUT2D eigenvalue weighted by molar-refractivity contribution is 0.0680. The van der Waals surface area contributed by atoms with Crippen molar-refractivity contribution in [1.82, 2.24) is 20.1 Å². The molecule has 6 nitrogen and oxygen atoms in total. The monoisotopic (exact) mass is 376 g/mol. The molecule has 0 atom stereocenters. The Kier molecular flexibility index (Phi) is 5.49.